The van der Waals surface area contributed by atoms with E-state index in [1.807, 2.05) is 12.1 Å². The van der Waals surface area contributed by atoms with Crippen molar-refractivity contribution in [2.45, 2.75) is 6.61 Å². The summed E-state index contributed by atoms with van der Waals surface area (Å²) in [5.74, 6) is -0.850. The normalized spacial score (nSPS) is 14.8. The molecule has 0 atom stereocenters. The third kappa shape index (κ3) is 5.31. The minimum Gasteiger partial charge on any atom is -0.508 e. The fourth-order valence-electron chi connectivity index (χ4n) is 3.36. The van der Waals surface area contributed by atoms with Gasteiger partial charge in [-0.15, -0.1) is 0 Å². The standard InChI is InChI=1S/C25H18BrClN2O6/c1-34-21-12-15(11-20(26)22(21)35-13-14-2-4-16(27)5-3-14)10-19-23(31)28-25(33)29(24(19)32)17-6-8-18(30)9-7-17/h2-12,30H,13H2,1H3,(H,28,31,33)/b19-10+. The summed E-state index contributed by atoms with van der Waals surface area (Å²) in [6, 6.07) is 15.1. The number of ether oxygens (including phenoxy) is 2. The molecule has 35 heavy (non-hydrogen) atoms. The van der Waals surface area contributed by atoms with E-state index in [1.54, 1.807) is 24.3 Å². The zero-order chi connectivity index (χ0) is 25.1. The number of barbiturate groups is 1. The smallest absolute Gasteiger partial charge is 0.335 e. The highest BCUT2D eigenvalue weighted by Gasteiger charge is 2.36. The van der Waals surface area contributed by atoms with E-state index in [2.05, 4.69) is 21.2 Å². The molecule has 2 N–H and O–H groups in total. The lowest BCUT2D eigenvalue weighted by Gasteiger charge is -2.26. The van der Waals surface area contributed by atoms with Gasteiger partial charge in [-0.1, -0.05) is 23.7 Å². The molecule has 4 rings (SSSR count). The van der Waals surface area contributed by atoms with Crippen molar-refractivity contribution in [3.05, 3.63) is 86.9 Å². The third-order valence-corrected chi connectivity index (χ3v) is 5.91. The summed E-state index contributed by atoms with van der Waals surface area (Å²) >= 11 is 9.37. The first kappa shape index (κ1) is 24.3. The van der Waals surface area contributed by atoms with E-state index >= 15 is 0 Å². The first-order chi connectivity index (χ1) is 16.8. The van der Waals surface area contributed by atoms with E-state index in [0.29, 0.717) is 26.6 Å². The van der Waals surface area contributed by atoms with Crippen molar-refractivity contribution < 1.29 is 29.0 Å². The number of nitrogens with one attached hydrogen (secondary N) is 1. The van der Waals surface area contributed by atoms with Crippen LogP contribution in [0.15, 0.2) is 70.7 Å². The number of hydrogen-bond donors (Lipinski definition) is 2. The highest BCUT2D eigenvalue weighted by atomic mass is 79.9. The van der Waals surface area contributed by atoms with Crippen molar-refractivity contribution >= 4 is 57.1 Å². The summed E-state index contributed by atoms with van der Waals surface area (Å²) < 4.78 is 11.9. The number of imide groups is 2. The van der Waals surface area contributed by atoms with Crippen LogP contribution in [-0.4, -0.2) is 30.1 Å². The molecule has 4 amide bonds. The average molecular weight is 558 g/mol. The summed E-state index contributed by atoms with van der Waals surface area (Å²) in [4.78, 5) is 38.7. The number of carbonyl (C=O) groups is 3. The van der Waals surface area contributed by atoms with Crippen LogP contribution >= 0.6 is 27.5 Å². The summed E-state index contributed by atoms with van der Waals surface area (Å²) in [5, 5.41) is 12.3. The number of halogens is 2. The Hall–Kier alpha value is -3.82. The van der Waals surface area contributed by atoms with Gasteiger partial charge < -0.3 is 14.6 Å². The molecule has 0 radical (unpaired) electrons. The highest BCUT2D eigenvalue weighted by molar-refractivity contribution is 9.10. The Balaban J connectivity index is 1.63. The van der Waals surface area contributed by atoms with Gasteiger partial charge in [-0.05, 0) is 81.7 Å². The SMILES string of the molecule is COc1cc(/C=C2\C(=O)NC(=O)N(c3ccc(O)cc3)C2=O)cc(Br)c1OCc1ccc(Cl)cc1. The minimum absolute atomic E-state index is 0.0271. The van der Waals surface area contributed by atoms with Crippen molar-refractivity contribution in [3.63, 3.8) is 0 Å². The molecular formula is C25H18BrClN2O6. The molecule has 8 nitrogen and oxygen atoms in total. The van der Waals surface area contributed by atoms with Crippen molar-refractivity contribution in [3.8, 4) is 17.2 Å². The summed E-state index contributed by atoms with van der Waals surface area (Å²) in [7, 11) is 1.47. The van der Waals surface area contributed by atoms with Crippen molar-refractivity contribution in [2.24, 2.45) is 0 Å². The maximum atomic E-state index is 13.1. The zero-order valence-corrected chi connectivity index (χ0v) is 20.6. The van der Waals surface area contributed by atoms with E-state index in [-0.39, 0.29) is 23.6 Å². The van der Waals surface area contributed by atoms with Crippen LogP contribution in [0.3, 0.4) is 0 Å². The largest absolute Gasteiger partial charge is 0.508 e. The number of carbonyl (C=O) groups excluding carboxylic acids is 3. The Kier molecular flexibility index (Phi) is 7.09. The maximum absolute atomic E-state index is 13.1. The lowest BCUT2D eigenvalue weighted by Crippen LogP contribution is -2.54. The highest BCUT2D eigenvalue weighted by Crippen LogP contribution is 2.38. The fraction of sp³-hybridized carbons (Fsp3) is 0.0800. The van der Waals surface area contributed by atoms with E-state index in [0.717, 1.165) is 10.5 Å². The number of phenolic OH excluding ortho intramolecular Hbond substituents is 1. The number of urea groups is 1. The van der Waals surface area contributed by atoms with Gasteiger partial charge in [0.15, 0.2) is 11.5 Å². The molecule has 1 aliphatic rings. The van der Waals surface area contributed by atoms with Crippen molar-refractivity contribution in [2.75, 3.05) is 12.0 Å². The Bertz CT molecular complexity index is 1340. The van der Waals surface area contributed by atoms with Crippen LogP contribution in [0.5, 0.6) is 17.2 Å². The zero-order valence-electron chi connectivity index (χ0n) is 18.2. The molecule has 1 heterocycles. The van der Waals surface area contributed by atoms with Crippen molar-refractivity contribution in [1.82, 2.24) is 5.32 Å². The lowest BCUT2D eigenvalue weighted by molar-refractivity contribution is -0.122. The predicted molar refractivity (Wildman–Crippen MR) is 134 cm³/mol. The molecule has 1 saturated heterocycles. The molecule has 1 aliphatic heterocycles. The van der Waals surface area contributed by atoms with E-state index in [9.17, 15) is 19.5 Å². The van der Waals surface area contributed by atoms with Gasteiger partial charge in [0.2, 0.25) is 0 Å². The summed E-state index contributed by atoms with van der Waals surface area (Å²) in [6.45, 7) is 0.261. The van der Waals surface area contributed by atoms with Crippen molar-refractivity contribution in [1.29, 1.82) is 0 Å². The number of methoxy groups -OCH3 is 1. The molecule has 0 saturated carbocycles. The number of benzene rings is 3. The van der Waals surface area contributed by atoms with Crippen LogP contribution in [-0.2, 0) is 16.2 Å². The number of rotatable bonds is 6. The maximum Gasteiger partial charge on any atom is 0.335 e. The van der Waals surface area contributed by atoms with Crippen LogP contribution in [0.4, 0.5) is 10.5 Å². The number of amides is 4. The van der Waals surface area contributed by atoms with Gasteiger partial charge in [-0.25, -0.2) is 9.69 Å². The molecule has 0 bridgehead atoms. The number of anilines is 1. The number of nitrogens with zero attached hydrogens (tertiary/aromatic N) is 1. The van der Waals surface area contributed by atoms with Gasteiger partial charge in [0.25, 0.3) is 11.8 Å². The first-order valence-electron chi connectivity index (χ1n) is 10.2. The Labute approximate surface area is 213 Å². The molecule has 1 fully saturated rings. The second-order valence-electron chi connectivity index (χ2n) is 7.42. The molecule has 178 valence electrons. The third-order valence-electron chi connectivity index (χ3n) is 5.07. The fourth-order valence-corrected chi connectivity index (χ4v) is 4.06. The first-order valence-corrected chi connectivity index (χ1v) is 11.4. The van der Waals surface area contributed by atoms with E-state index < -0.39 is 17.8 Å². The van der Waals surface area contributed by atoms with Gasteiger partial charge in [-0.2, -0.15) is 0 Å². The monoisotopic (exact) mass is 556 g/mol. The minimum atomic E-state index is -0.882. The molecule has 10 heteroatoms. The van der Waals surface area contributed by atoms with Crippen LogP contribution in [0.2, 0.25) is 5.02 Å². The van der Waals surface area contributed by atoms with Gasteiger partial charge in [-0.3, -0.25) is 14.9 Å². The topological polar surface area (TPSA) is 105 Å². The quantitative estimate of drug-likeness (QED) is 0.324. The number of aromatic hydroxyl groups is 1. The second kappa shape index (κ2) is 10.2. The molecular weight excluding hydrogens is 540 g/mol. The van der Waals surface area contributed by atoms with Crippen LogP contribution < -0.4 is 19.7 Å². The number of phenols is 1. The average Bonchev–Trinajstić information content (AvgIpc) is 2.83. The summed E-state index contributed by atoms with van der Waals surface area (Å²) in [5.41, 5.74) is 1.32. The Morgan fingerprint density at radius 3 is 2.40 bits per heavy atom. The Morgan fingerprint density at radius 1 is 1.06 bits per heavy atom. The molecule has 0 aromatic heterocycles. The molecule has 3 aromatic carbocycles. The number of hydrogen-bond acceptors (Lipinski definition) is 6. The van der Waals surface area contributed by atoms with Crippen LogP contribution in [0.1, 0.15) is 11.1 Å². The summed E-state index contributed by atoms with van der Waals surface area (Å²) in [6.07, 6.45) is 1.35. The molecule has 0 unspecified atom stereocenters. The van der Waals surface area contributed by atoms with Gasteiger partial charge in [0.1, 0.15) is 17.9 Å². The van der Waals surface area contributed by atoms with Crippen LogP contribution in [0.25, 0.3) is 6.08 Å². The van der Waals surface area contributed by atoms with Gasteiger partial charge in [0.05, 0.1) is 17.3 Å². The molecule has 0 spiro atoms. The Morgan fingerprint density at radius 2 is 1.74 bits per heavy atom. The van der Waals surface area contributed by atoms with Gasteiger partial charge in [0, 0.05) is 5.02 Å². The lowest BCUT2D eigenvalue weighted by atomic mass is 10.1. The van der Waals surface area contributed by atoms with E-state index in [1.165, 1.54) is 37.5 Å². The second-order valence-corrected chi connectivity index (χ2v) is 8.71. The van der Waals surface area contributed by atoms with E-state index in [4.69, 9.17) is 21.1 Å². The molecule has 0 aliphatic carbocycles. The van der Waals surface area contributed by atoms with Gasteiger partial charge >= 0.3 is 6.03 Å². The van der Waals surface area contributed by atoms with Crippen LogP contribution in [0, 0.1) is 0 Å². The molecule has 3 aromatic rings. The predicted octanol–water partition coefficient (Wildman–Crippen LogP) is 5.06.